The fraction of sp³-hybridized carbons (Fsp3) is 0.471. The van der Waals surface area contributed by atoms with E-state index in [1.165, 1.54) is 37.0 Å². The van der Waals surface area contributed by atoms with Crippen LogP contribution in [0.15, 0.2) is 36.5 Å². The fourth-order valence-electron chi connectivity index (χ4n) is 2.88. The van der Waals surface area contributed by atoms with Crippen molar-refractivity contribution in [1.82, 2.24) is 9.88 Å². The van der Waals surface area contributed by atoms with Crippen LogP contribution in [0, 0.1) is 5.92 Å². The van der Waals surface area contributed by atoms with E-state index in [9.17, 15) is 0 Å². The number of hydrogen-bond acceptors (Lipinski definition) is 3. The van der Waals surface area contributed by atoms with Crippen molar-refractivity contribution in [3.05, 3.63) is 36.5 Å². The second-order valence-corrected chi connectivity index (χ2v) is 5.83. The highest BCUT2D eigenvalue weighted by molar-refractivity contribution is 5.90. The zero-order valence-electron chi connectivity index (χ0n) is 12.2. The monoisotopic (exact) mass is 269 g/mol. The van der Waals surface area contributed by atoms with Crippen LogP contribution in [0.1, 0.15) is 19.8 Å². The lowest BCUT2D eigenvalue weighted by molar-refractivity contribution is 0.199. The number of pyridine rings is 1. The van der Waals surface area contributed by atoms with E-state index in [0.717, 1.165) is 24.5 Å². The maximum absolute atomic E-state index is 4.40. The van der Waals surface area contributed by atoms with E-state index in [1.54, 1.807) is 0 Å². The molecule has 0 saturated carbocycles. The predicted molar refractivity (Wildman–Crippen MR) is 85.1 cm³/mol. The Morgan fingerprint density at radius 2 is 2.00 bits per heavy atom. The number of para-hydroxylation sites is 1. The normalized spacial score (nSPS) is 17.4. The number of rotatable bonds is 4. The van der Waals surface area contributed by atoms with Gasteiger partial charge in [-0.1, -0.05) is 25.1 Å². The zero-order valence-corrected chi connectivity index (χ0v) is 12.2. The first-order valence-electron chi connectivity index (χ1n) is 7.63. The summed E-state index contributed by atoms with van der Waals surface area (Å²) in [6, 6.07) is 10.4. The van der Waals surface area contributed by atoms with Crippen LogP contribution in [0.4, 0.5) is 5.69 Å². The van der Waals surface area contributed by atoms with Crippen LogP contribution in [0.25, 0.3) is 10.9 Å². The lowest BCUT2D eigenvalue weighted by Gasteiger charge is -2.30. The van der Waals surface area contributed by atoms with Crippen LogP contribution >= 0.6 is 0 Å². The van der Waals surface area contributed by atoms with Crippen molar-refractivity contribution < 1.29 is 0 Å². The lowest BCUT2D eigenvalue weighted by atomic mass is 9.99. The Bertz CT molecular complexity index is 554. The molecule has 0 amide bonds. The molecule has 1 aliphatic rings. The van der Waals surface area contributed by atoms with Crippen molar-refractivity contribution in [2.24, 2.45) is 5.92 Å². The molecule has 1 aliphatic heterocycles. The number of likely N-dealkylation sites (tertiary alicyclic amines) is 1. The van der Waals surface area contributed by atoms with Gasteiger partial charge in [0.2, 0.25) is 0 Å². The minimum atomic E-state index is 0.906. The van der Waals surface area contributed by atoms with E-state index in [1.807, 2.05) is 12.3 Å². The second kappa shape index (κ2) is 6.23. The number of piperidine rings is 1. The van der Waals surface area contributed by atoms with Gasteiger partial charge >= 0.3 is 0 Å². The maximum Gasteiger partial charge on any atom is 0.0722 e. The number of hydrogen-bond donors (Lipinski definition) is 1. The van der Waals surface area contributed by atoms with Gasteiger partial charge < -0.3 is 10.2 Å². The smallest absolute Gasteiger partial charge is 0.0722 e. The van der Waals surface area contributed by atoms with Crippen LogP contribution in [0.2, 0.25) is 0 Å². The Kier molecular flexibility index (Phi) is 4.16. The van der Waals surface area contributed by atoms with Crippen molar-refractivity contribution in [3.63, 3.8) is 0 Å². The van der Waals surface area contributed by atoms with Crippen molar-refractivity contribution in [2.45, 2.75) is 19.8 Å². The van der Waals surface area contributed by atoms with Gasteiger partial charge in [-0.2, -0.15) is 0 Å². The molecule has 3 nitrogen and oxygen atoms in total. The SMILES string of the molecule is CC1CCN(CCNc2ccnc3ccccc23)CC1. The highest BCUT2D eigenvalue weighted by Crippen LogP contribution is 2.21. The Hall–Kier alpha value is -1.61. The average molecular weight is 269 g/mol. The van der Waals surface area contributed by atoms with Crippen LogP contribution in [0.5, 0.6) is 0 Å². The second-order valence-electron chi connectivity index (χ2n) is 5.83. The molecule has 106 valence electrons. The number of anilines is 1. The standard InChI is InChI=1S/C17H23N3/c1-14-7-11-20(12-8-14)13-10-19-17-6-9-18-16-5-3-2-4-15(16)17/h2-6,9,14H,7-8,10-13H2,1H3,(H,18,19). The minimum absolute atomic E-state index is 0.906. The third-order valence-electron chi connectivity index (χ3n) is 4.27. The Morgan fingerprint density at radius 1 is 1.20 bits per heavy atom. The molecule has 1 N–H and O–H groups in total. The van der Waals surface area contributed by atoms with Gasteiger partial charge in [-0.3, -0.25) is 4.98 Å². The number of benzene rings is 1. The Morgan fingerprint density at radius 3 is 2.85 bits per heavy atom. The molecule has 2 heterocycles. The van der Waals surface area contributed by atoms with Gasteiger partial charge in [-0.15, -0.1) is 0 Å². The van der Waals surface area contributed by atoms with Gasteiger partial charge in [0.25, 0.3) is 0 Å². The number of nitrogens with zero attached hydrogens (tertiary/aromatic N) is 2. The van der Waals surface area contributed by atoms with Crippen LogP contribution in [-0.2, 0) is 0 Å². The van der Waals surface area contributed by atoms with Crippen LogP contribution in [0.3, 0.4) is 0 Å². The molecule has 1 fully saturated rings. The average Bonchev–Trinajstić information content (AvgIpc) is 2.49. The van der Waals surface area contributed by atoms with E-state index in [2.05, 4.69) is 46.4 Å². The number of aromatic nitrogens is 1. The molecular weight excluding hydrogens is 246 g/mol. The van der Waals surface area contributed by atoms with Crippen LogP contribution in [-0.4, -0.2) is 36.1 Å². The first-order valence-corrected chi connectivity index (χ1v) is 7.63. The molecule has 0 unspecified atom stereocenters. The lowest BCUT2D eigenvalue weighted by Crippen LogP contribution is -2.36. The molecular formula is C17H23N3. The summed E-state index contributed by atoms with van der Waals surface area (Å²) in [6.07, 6.45) is 4.57. The molecule has 0 spiro atoms. The molecule has 0 atom stereocenters. The summed E-state index contributed by atoms with van der Waals surface area (Å²) in [5, 5.41) is 4.77. The first-order chi connectivity index (χ1) is 9.83. The van der Waals surface area contributed by atoms with E-state index in [-0.39, 0.29) is 0 Å². The summed E-state index contributed by atoms with van der Waals surface area (Å²) in [4.78, 5) is 6.96. The molecule has 3 rings (SSSR count). The van der Waals surface area contributed by atoms with E-state index < -0.39 is 0 Å². The fourth-order valence-corrected chi connectivity index (χ4v) is 2.88. The van der Waals surface area contributed by atoms with Gasteiger partial charge in [0.1, 0.15) is 0 Å². The van der Waals surface area contributed by atoms with Gasteiger partial charge in [-0.05, 0) is 44.0 Å². The predicted octanol–water partition coefficient (Wildman–Crippen LogP) is 3.38. The number of fused-ring (bicyclic) bond motifs is 1. The minimum Gasteiger partial charge on any atom is -0.383 e. The van der Waals surface area contributed by atoms with Crippen molar-refractivity contribution >= 4 is 16.6 Å². The molecule has 3 heteroatoms. The highest BCUT2D eigenvalue weighted by Gasteiger charge is 2.14. The quantitative estimate of drug-likeness (QED) is 0.922. The van der Waals surface area contributed by atoms with Gasteiger partial charge in [-0.25, -0.2) is 0 Å². The Labute approximate surface area is 121 Å². The molecule has 20 heavy (non-hydrogen) atoms. The third-order valence-corrected chi connectivity index (χ3v) is 4.27. The van der Waals surface area contributed by atoms with Crippen molar-refractivity contribution in [2.75, 3.05) is 31.5 Å². The molecule has 1 saturated heterocycles. The Balaban J connectivity index is 1.57. The zero-order chi connectivity index (χ0) is 13.8. The van der Waals surface area contributed by atoms with Gasteiger partial charge in [0.15, 0.2) is 0 Å². The molecule has 1 aromatic heterocycles. The first kappa shape index (κ1) is 13.4. The summed E-state index contributed by atoms with van der Waals surface area (Å²) in [5.41, 5.74) is 2.25. The van der Waals surface area contributed by atoms with E-state index in [0.29, 0.717) is 0 Å². The van der Waals surface area contributed by atoms with Gasteiger partial charge in [0, 0.05) is 30.4 Å². The topological polar surface area (TPSA) is 28.2 Å². The molecule has 2 aromatic rings. The summed E-state index contributed by atoms with van der Waals surface area (Å²) in [6.45, 7) is 6.99. The summed E-state index contributed by atoms with van der Waals surface area (Å²) in [7, 11) is 0. The molecule has 0 radical (unpaired) electrons. The molecule has 1 aromatic carbocycles. The summed E-state index contributed by atoms with van der Waals surface area (Å²) >= 11 is 0. The summed E-state index contributed by atoms with van der Waals surface area (Å²) < 4.78 is 0. The van der Waals surface area contributed by atoms with Crippen molar-refractivity contribution in [3.8, 4) is 0 Å². The van der Waals surface area contributed by atoms with E-state index in [4.69, 9.17) is 0 Å². The third kappa shape index (κ3) is 3.10. The van der Waals surface area contributed by atoms with Gasteiger partial charge in [0.05, 0.1) is 5.52 Å². The largest absolute Gasteiger partial charge is 0.383 e. The molecule has 0 aliphatic carbocycles. The highest BCUT2D eigenvalue weighted by atomic mass is 15.1. The summed E-state index contributed by atoms with van der Waals surface area (Å²) in [5.74, 6) is 0.906. The molecule has 0 bridgehead atoms. The van der Waals surface area contributed by atoms with Crippen molar-refractivity contribution in [1.29, 1.82) is 0 Å². The maximum atomic E-state index is 4.40. The van der Waals surface area contributed by atoms with E-state index >= 15 is 0 Å². The van der Waals surface area contributed by atoms with Crippen LogP contribution < -0.4 is 5.32 Å². The number of nitrogens with one attached hydrogen (secondary N) is 1.